The third-order valence-electron chi connectivity index (χ3n) is 1.60. The molecule has 0 saturated heterocycles. The molecule has 0 amide bonds. The van der Waals surface area contributed by atoms with E-state index < -0.39 is 0 Å². The van der Waals surface area contributed by atoms with E-state index in [0.29, 0.717) is 0 Å². The summed E-state index contributed by atoms with van der Waals surface area (Å²) in [5, 5.41) is 6.84. The molecule has 0 spiro atoms. The Kier molecular flexibility index (Phi) is 3.39. The van der Waals surface area contributed by atoms with E-state index in [0.717, 1.165) is 19.3 Å². The Hall–Kier alpha value is -1.11. The predicted octanol–water partition coefficient (Wildman–Crippen LogP) is 2.46. The zero-order valence-corrected chi connectivity index (χ0v) is 6.51. The molecule has 0 aliphatic carbocycles. The number of nitrogens with one attached hydrogen (secondary N) is 1. The zero-order valence-electron chi connectivity index (χ0n) is 6.51. The van der Waals surface area contributed by atoms with Crippen molar-refractivity contribution in [3.63, 3.8) is 0 Å². The molecule has 0 atom stereocenters. The number of hydrogen-bond donors (Lipinski definition) is 1. The van der Waals surface area contributed by atoms with Crippen molar-refractivity contribution in [2.45, 2.75) is 19.3 Å². The van der Waals surface area contributed by atoms with Crippen molar-refractivity contribution < 1.29 is 0 Å². The van der Waals surface area contributed by atoms with Gasteiger partial charge in [-0.25, -0.2) is 0 Å². The minimum absolute atomic E-state index is 0.888. The van der Waals surface area contributed by atoms with Gasteiger partial charge in [0.15, 0.2) is 0 Å². The average molecular weight is 146 g/mol. The Labute approximate surface area is 67.6 Å². The fraction of sp³-hybridized carbons (Fsp3) is 0.300. The number of hydrogen-bond acceptors (Lipinski definition) is 1. The lowest BCUT2D eigenvalue weighted by atomic mass is 10.1. The van der Waals surface area contributed by atoms with Crippen molar-refractivity contribution in [2.75, 3.05) is 0 Å². The lowest BCUT2D eigenvalue weighted by molar-refractivity contribution is 0.872. The summed E-state index contributed by atoms with van der Waals surface area (Å²) in [4.78, 5) is 0. The highest BCUT2D eigenvalue weighted by molar-refractivity contribution is 5.52. The topological polar surface area (TPSA) is 23.9 Å². The van der Waals surface area contributed by atoms with E-state index in [4.69, 9.17) is 5.41 Å². The van der Waals surface area contributed by atoms with Crippen LogP contribution in [0.3, 0.4) is 0 Å². The fourth-order valence-corrected chi connectivity index (χ4v) is 0.996. The summed E-state index contributed by atoms with van der Waals surface area (Å²) in [5.74, 6) is 0. The molecule has 1 aromatic rings. The van der Waals surface area contributed by atoms with Gasteiger partial charge in [-0.1, -0.05) is 24.3 Å². The van der Waals surface area contributed by atoms with Crippen LogP contribution in [0, 0.1) is 11.5 Å². The van der Waals surface area contributed by atoms with Crippen LogP contribution < -0.4 is 0 Å². The summed E-state index contributed by atoms with van der Waals surface area (Å²) in [6, 6.07) is 11.0. The van der Waals surface area contributed by atoms with E-state index in [2.05, 4.69) is 18.2 Å². The molecular formula is C10H12N. The molecule has 0 saturated carbocycles. The minimum Gasteiger partial charge on any atom is -0.313 e. The van der Waals surface area contributed by atoms with Crippen molar-refractivity contribution in [3.05, 3.63) is 35.9 Å². The first kappa shape index (κ1) is 7.99. The largest absolute Gasteiger partial charge is 0.313 e. The maximum atomic E-state index is 6.84. The predicted molar refractivity (Wildman–Crippen MR) is 47.0 cm³/mol. The highest BCUT2D eigenvalue weighted by Gasteiger charge is 1.88. The summed E-state index contributed by atoms with van der Waals surface area (Å²) < 4.78 is 0. The van der Waals surface area contributed by atoms with Crippen LogP contribution >= 0.6 is 0 Å². The van der Waals surface area contributed by atoms with Crippen LogP contribution in [0.1, 0.15) is 18.4 Å². The smallest absolute Gasteiger partial charge is 0.00476 e. The maximum absolute atomic E-state index is 6.84. The fourth-order valence-electron chi connectivity index (χ4n) is 0.996. The van der Waals surface area contributed by atoms with Crippen molar-refractivity contribution in [1.29, 1.82) is 5.41 Å². The van der Waals surface area contributed by atoms with Crippen molar-refractivity contribution in [2.24, 2.45) is 0 Å². The summed E-state index contributed by atoms with van der Waals surface area (Å²) in [6.45, 7) is 0. The van der Waals surface area contributed by atoms with E-state index in [1.54, 1.807) is 0 Å². The third-order valence-corrected chi connectivity index (χ3v) is 1.60. The summed E-state index contributed by atoms with van der Waals surface area (Å²) in [5.41, 5.74) is 1.34. The molecule has 0 aromatic heterocycles. The third kappa shape index (κ3) is 2.99. The van der Waals surface area contributed by atoms with E-state index in [1.165, 1.54) is 11.8 Å². The van der Waals surface area contributed by atoms with Gasteiger partial charge in [0.2, 0.25) is 0 Å². The van der Waals surface area contributed by atoms with Crippen LogP contribution in [0.2, 0.25) is 0 Å². The lowest BCUT2D eigenvalue weighted by Gasteiger charge is -1.96. The van der Waals surface area contributed by atoms with E-state index >= 15 is 0 Å². The summed E-state index contributed by atoms with van der Waals surface area (Å²) >= 11 is 0. The van der Waals surface area contributed by atoms with Crippen LogP contribution in [0.4, 0.5) is 0 Å². The van der Waals surface area contributed by atoms with Crippen LogP contribution in [-0.4, -0.2) is 6.21 Å². The van der Waals surface area contributed by atoms with Crippen LogP contribution in [0.25, 0.3) is 0 Å². The summed E-state index contributed by atoms with van der Waals surface area (Å²) in [7, 11) is 0. The molecule has 0 unspecified atom stereocenters. The van der Waals surface area contributed by atoms with Crippen LogP contribution in [0.5, 0.6) is 0 Å². The molecule has 0 bridgehead atoms. The number of unbranched alkanes of at least 4 members (excludes halogenated alkanes) is 1. The highest BCUT2D eigenvalue weighted by atomic mass is 14.3. The standard InChI is InChI=1S/C10H12N/c11-9-5-4-8-10-6-2-1-3-7-10/h2-3,6-7,9,11H,4-5,8H2. The number of aryl methyl sites for hydroxylation is 1. The Morgan fingerprint density at radius 2 is 2.09 bits per heavy atom. The number of rotatable bonds is 4. The Morgan fingerprint density at radius 1 is 1.36 bits per heavy atom. The SMILES string of the molecule is N=CCCCc1cc[c]cc1. The van der Waals surface area contributed by atoms with Gasteiger partial charge in [-0.05, 0) is 37.1 Å². The zero-order chi connectivity index (χ0) is 7.94. The Morgan fingerprint density at radius 3 is 2.73 bits per heavy atom. The van der Waals surface area contributed by atoms with Gasteiger partial charge in [0.1, 0.15) is 0 Å². The van der Waals surface area contributed by atoms with E-state index in [1.807, 2.05) is 12.1 Å². The van der Waals surface area contributed by atoms with Crippen LogP contribution in [-0.2, 0) is 6.42 Å². The molecule has 1 radical (unpaired) electrons. The molecule has 11 heavy (non-hydrogen) atoms. The van der Waals surface area contributed by atoms with E-state index in [9.17, 15) is 0 Å². The maximum Gasteiger partial charge on any atom is -0.00476 e. The lowest BCUT2D eigenvalue weighted by Crippen LogP contribution is -1.84. The monoisotopic (exact) mass is 146 g/mol. The van der Waals surface area contributed by atoms with E-state index in [-0.39, 0.29) is 0 Å². The van der Waals surface area contributed by atoms with Gasteiger partial charge in [0.05, 0.1) is 0 Å². The quantitative estimate of drug-likeness (QED) is 0.498. The van der Waals surface area contributed by atoms with Crippen molar-refractivity contribution >= 4 is 6.21 Å². The molecule has 0 fully saturated rings. The van der Waals surface area contributed by atoms with Gasteiger partial charge >= 0.3 is 0 Å². The molecular weight excluding hydrogens is 134 g/mol. The molecule has 0 aliphatic rings. The van der Waals surface area contributed by atoms with Crippen LogP contribution in [0.15, 0.2) is 24.3 Å². The molecule has 0 heterocycles. The molecule has 1 rings (SSSR count). The van der Waals surface area contributed by atoms with Crippen molar-refractivity contribution in [3.8, 4) is 0 Å². The van der Waals surface area contributed by atoms with Gasteiger partial charge in [-0.2, -0.15) is 0 Å². The molecule has 57 valence electrons. The Balaban J connectivity index is 2.33. The normalized spacial score (nSPS) is 9.45. The first-order valence-electron chi connectivity index (χ1n) is 3.87. The minimum atomic E-state index is 0.888. The molecule has 1 nitrogen and oxygen atoms in total. The second kappa shape index (κ2) is 4.67. The average Bonchev–Trinajstić information content (AvgIpc) is 2.07. The molecule has 1 heteroatoms. The van der Waals surface area contributed by atoms with Gasteiger partial charge < -0.3 is 5.41 Å². The Bertz CT molecular complexity index is 203. The number of benzene rings is 1. The highest BCUT2D eigenvalue weighted by Crippen LogP contribution is 2.02. The second-order valence-corrected chi connectivity index (χ2v) is 2.50. The molecule has 1 aromatic carbocycles. The van der Waals surface area contributed by atoms with Gasteiger partial charge in [-0.15, -0.1) is 0 Å². The van der Waals surface area contributed by atoms with Gasteiger partial charge in [0.25, 0.3) is 0 Å². The second-order valence-electron chi connectivity index (χ2n) is 2.50. The summed E-state index contributed by atoms with van der Waals surface area (Å²) in [6.07, 6.45) is 4.51. The van der Waals surface area contributed by atoms with Gasteiger partial charge in [-0.3, -0.25) is 0 Å². The first-order valence-corrected chi connectivity index (χ1v) is 3.87. The van der Waals surface area contributed by atoms with Gasteiger partial charge in [0, 0.05) is 0 Å². The molecule has 0 aliphatic heterocycles. The molecule has 1 N–H and O–H groups in total. The van der Waals surface area contributed by atoms with Crippen molar-refractivity contribution in [1.82, 2.24) is 0 Å². The first-order chi connectivity index (χ1) is 5.43.